The van der Waals surface area contributed by atoms with E-state index in [1.165, 1.54) is 22.5 Å². The van der Waals surface area contributed by atoms with Gasteiger partial charge in [0, 0.05) is 36.7 Å². The van der Waals surface area contributed by atoms with Crippen LogP contribution in [-0.2, 0) is 12.6 Å². The van der Waals surface area contributed by atoms with Crippen LogP contribution in [0.25, 0.3) is 11.3 Å². The van der Waals surface area contributed by atoms with Gasteiger partial charge in [-0.15, -0.1) is 0 Å². The van der Waals surface area contributed by atoms with Crippen LogP contribution in [0, 0.1) is 0 Å². The highest BCUT2D eigenvalue weighted by Gasteiger charge is 2.35. The van der Waals surface area contributed by atoms with Gasteiger partial charge in [0.15, 0.2) is 0 Å². The Bertz CT molecular complexity index is 603. The highest BCUT2D eigenvalue weighted by molar-refractivity contribution is 5.83. The predicted molar refractivity (Wildman–Crippen MR) is 78.1 cm³/mol. The lowest BCUT2D eigenvalue weighted by molar-refractivity contribution is 0.270. The van der Waals surface area contributed by atoms with E-state index < -0.39 is 0 Å². The van der Waals surface area contributed by atoms with E-state index in [0.29, 0.717) is 0 Å². The Hall–Kier alpha value is -1.74. The molecule has 0 aliphatic carbocycles. The van der Waals surface area contributed by atoms with Gasteiger partial charge in [-0.2, -0.15) is 0 Å². The molecule has 3 heteroatoms. The van der Waals surface area contributed by atoms with E-state index >= 15 is 0 Å². The summed E-state index contributed by atoms with van der Waals surface area (Å²) in [5.74, 6) is 0. The molecular weight excluding hydrogens is 236 g/mol. The predicted octanol–water partition coefficient (Wildman–Crippen LogP) is 3.11. The second kappa shape index (κ2) is 4.42. The molecule has 0 bridgehead atoms. The molecule has 3 rings (SSSR count). The fourth-order valence-corrected chi connectivity index (χ4v) is 3.10. The van der Waals surface area contributed by atoms with Gasteiger partial charge in [0.1, 0.15) is 0 Å². The SMILES string of the molecule is Cn1ccc2c1-c1ccccc1NC2(C)CCCO. The molecule has 0 saturated carbocycles. The van der Waals surface area contributed by atoms with E-state index in [9.17, 15) is 0 Å². The second-order valence-corrected chi connectivity index (χ2v) is 5.52. The number of para-hydroxylation sites is 1. The minimum atomic E-state index is -0.103. The van der Waals surface area contributed by atoms with Gasteiger partial charge in [-0.25, -0.2) is 0 Å². The van der Waals surface area contributed by atoms with Crippen molar-refractivity contribution in [3.8, 4) is 11.3 Å². The first kappa shape index (κ1) is 12.3. The number of rotatable bonds is 3. The molecule has 100 valence electrons. The number of anilines is 1. The molecule has 0 amide bonds. The fraction of sp³-hybridized carbons (Fsp3) is 0.375. The zero-order valence-corrected chi connectivity index (χ0v) is 11.5. The fourth-order valence-electron chi connectivity index (χ4n) is 3.10. The average molecular weight is 256 g/mol. The normalized spacial score (nSPS) is 20.6. The van der Waals surface area contributed by atoms with E-state index in [4.69, 9.17) is 5.11 Å². The number of nitrogens with one attached hydrogen (secondary N) is 1. The number of hydrogen-bond acceptors (Lipinski definition) is 2. The number of aliphatic hydroxyl groups is 1. The van der Waals surface area contributed by atoms with Crippen molar-refractivity contribution >= 4 is 5.69 Å². The van der Waals surface area contributed by atoms with Gasteiger partial charge < -0.3 is 15.0 Å². The van der Waals surface area contributed by atoms with E-state index in [1.807, 2.05) is 0 Å². The van der Waals surface area contributed by atoms with Gasteiger partial charge in [0.25, 0.3) is 0 Å². The number of aromatic nitrogens is 1. The monoisotopic (exact) mass is 256 g/mol. The Morgan fingerprint density at radius 3 is 2.84 bits per heavy atom. The number of nitrogens with zero attached hydrogens (tertiary/aromatic N) is 1. The maximum Gasteiger partial charge on any atom is 0.0619 e. The lowest BCUT2D eigenvalue weighted by Gasteiger charge is -2.38. The zero-order chi connectivity index (χ0) is 13.5. The van der Waals surface area contributed by atoms with Crippen molar-refractivity contribution in [1.82, 2.24) is 4.57 Å². The number of aliphatic hydroxyl groups excluding tert-OH is 1. The average Bonchev–Trinajstić information content (AvgIpc) is 2.80. The van der Waals surface area contributed by atoms with Gasteiger partial charge in [0.2, 0.25) is 0 Å². The summed E-state index contributed by atoms with van der Waals surface area (Å²) in [6.45, 7) is 2.46. The lowest BCUT2D eigenvalue weighted by Crippen LogP contribution is -2.35. The molecule has 0 spiro atoms. The maximum absolute atomic E-state index is 9.13. The van der Waals surface area contributed by atoms with Crippen LogP contribution in [0.4, 0.5) is 5.69 Å². The summed E-state index contributed by atoms with van der Waals surface area (Å²) in [7, 11) is 2.09. The Balaban J connectivity index is 2.15. The van der Waals surface area contributed by atoms with Crippen molar-refractivity contribution in [3.05, 3.63) is 42.1 Å². The Morgan fingerprint density at radius 1 is 1.26 bits per heavy atom. The molecule has 0 fully saturated rings. The molecule has 2 N–H and O–H groups in total. The summed E-state index contributed by atoms with van der Waals surface area (Å²) in [4.78, 5) is 0. The lowest BCUT2D eigenvalue weighted by atomic mass is 9.82. The van der Waals surface area contributed by atoms with Crippen LogP contribution in [0.2, 0.25) is 0 Å². The van der Waals surface area contributed by atoms with Crippen LogP contribution in [0.1, 0.15) is 25.3 Å². The van der Waals surface area contributed by atoms with Crippen molar-refractivity contribution in [2.24, 2.45) is 7.05 Å². The zero-order valence-electron chi connectivity index (χ0n) is 11.5. The highest BCUT2D eigenvalue weighted by atomic mass is 16.2. The Kier molecular flexibility index (Phi) is 2.86. The summed E-state index contributed by atoms with van der Waals surface area (Å²) >= 11 is 0. The minimum absolute atomic E-state index is 0.103. The van der Waals surface area contributed by atoms with Crippen LogP contribution < -0.4 is 5.32 Å². The molecule has 0 radical (unpaired) electrons. The van der Waals surface area contributed by atoms with Crippen molar-refractivity contribution < 1.29 is 5.11 Å². The maximum atomic E-state index is 9.13. The summed E-state index contributed by atoms with van der Waals surface area (Å²) < 4.78 is 2.19. The molecule has 1 unspecified atom stereocenters. The molecule has 0 saturated heterocycles. The summed E-state index contributed by atoms with van der Waals surface area (Å²) in [5.41, 5.74) is 4.94. The third-order valence-corrected chi connectivity index (χ3v) is 4.09. The van der Waals surface area contributed by atoms with Crippen LogP contribution in [-0.4, -0.2) is 16.3 Å². The Labute approximate surface area is 113 Å². The number of hydrogen-bond donors (Lipinski definition) is 2. The van der Waals surface area contributed by atoms with E-state index in [2.05, 4.69) is 60.4 Å². The first-order chi connectivity index (χ1) is 9.15. The quantitative estimate of drug-likeness (QED) is 0.885. The van der Waals surface area contributed by atoms with Gasteiger partial charge in [0.05, 0.1) is 11.2 Å². The molecule has 2 aromatic rings. The highest BCUT2D eigenvalue weighted by Crippen LogP contribution is 2.45. The van der Waals surface area contributed by atoms with Gasteiger partial charge in [-0.05, 0) is 31.9 Å². The number of benzene rings is 1. The van der Waals surface area contributed by atoms with E-state index in [1.54, 1.807) is 0 Å². The van der Waals surface area contributed by atoms with Crippen LogP contribution in [0.15, 0.2) is 36.5 Å². The molecule has 1 atom stereocenters. The van der Waals surface area contributed by atoms with Gasteiger partial charge >= 0.3 is 0 Å². The molecule has 2 heterocycles. The van der Waals surface area contributed by atoms with Gasteiger partial charge in [-0.3, -0.25) is 0 Å². The standard InChI is InChI=1S/C16H20N2O/c1-16(9-5-11-19)13-8-10-18(2)15(13)12-6-3-4-7-14(12)17-16/h3-4,6-8,10,17,19H,5,9,11H2,1-2H3. The number of aryl methyl sites for hydroxylation is 1. The second-order valence-electron chi connectivity index (χ2n) is 5.52. The van der Waals surface area contributed by atoms with Gasteiger partial charge in [-0.1, -0.05) is 18.2 Å². The smallest absolute Gasteiger partial charge is 0.0619 e. The van der Waals surface area contributed by atoms with Crippen LogP contribution >= 0.6 is 0 Å². The molecule has 19 heavy (non-hydrogen) atoms. The van der Waals surface area contributed by atoms with Crippen molar-refractivity contribution in [2.45, 2.75) is 25.3 Å². The first-order valence-electron chi connectivity index (χ1n) is 6.80. The molecular formula is C16H20N2O. The van der Waals surface area contributed by atoms with Crippen molar-refractivity contribution in [3.63, 3.8) is 0 Å². The largest absolute Gasteiger partial charge is 0.396 e. The first-order valence-corrected chi connectivity index (χ1v) is 6.80. The topological polar surface area (TPSA) is 37.2 Å². The van der Waals surface area contributed by atoms with Crippen LogP contribution in [0.3, 0.4) is 0 Å². The summed E-state index contributed by atoms with van der Waals surface area (Å²) in [5, 5.41) is 12.8. The van der Waals surface area contributed by atoms with Crippen LogP contribution in [0.5, 0.6) is 0 Å². The van der Waals surface area contributed by atoms with E-state index in [-0.39, 0.29) is 12.1 Å². The summed E-state index contributed by atoms with van der Waals surface area (Å²) in [6.07, 6.45) is 3.85. The minimum Gasteiger partial charge on any atom is -0.396 e. The Morgan fingerprint density at radius 2 is 2.05 bits per heavy atom. The van der Waals surface area contributed by atoms with Crippen molar-refractivity contribution in [1.29, 1.82) is 0 Å². The molecule has 1 aliphatic heterocycles. The van der Waals surface area contributed by atoms with E-state index in [0.717, 1.165) is 12.8 Å². The third-order valence-electron chi connectivity index (χ3n) is 4.09. The molecule has 1 aliphatic rings. The summed E-state index contributed by atoms with van der Waals surface area (Å²) in [6, 6.07) is 10.6. The third kappa shape index (κ3) is 1.85. The van der Waals surface area contributed by atoms with Crippen molar-refractivity contribution in [2.75, 3.05) is 11.9 Å². The molecule has 3 nitrogen and oxygen atoms in total. The molecule has 1 aromatic heterocycles. The number of fused-ring (bicyclic) bond motifs is 3. The molecule has 1 aromatic carbocycles.